The molecule has 0 fully saturated rings. The van der Waals surface area contributed by atoms with Gasteiger partial charge in [-0.1, -0.05) is 29.8 Å². The molecule has 0 amide bonds. The summed E-state index contributed by atoms with van der Waals surface area (Å²) < 4.78 is 5.58. The molecule has 0 radical (unpaired) electrons. The van der Waals surface area contributed by atoms with Crippen molar-refractivity contribution in [2.75, 3.05) is 7.11 Å². The summed E-state index contributed by atoms with van der Waals surface area (Å²) >= 11 is 6.42. The van der Waals surface area contributed by atoms with Gasteiger partial charge in [0, 0.05) is 33.8 Å². The van der Waals surface area contributed by atoms with E-state index in [1.165, 1.54) is 0 Å². The zero-order valence-corrected chi connectivity index (χ0v) is 18.2. The van der Waals surface area contributed by atoms with Gasteiger partial charge in [0.25, 0.3) is 0 Å². The van der Waals surface area contributed by atoms with Crippen LogP contribution in [-0.4, -0.2) is 17.9 Å². The van der Waals surface area contributed by atoms with Gasteiger partial charge in [-0.3, -0.25) is 9.78 Å². The van der Waals surface area contributed by atoms with E-state index in [-0.39, 0.29) is 5.78 Å². The zero-order valence-electron chi connectivity index (χ0n) is 17.4. The van der Waals surface area contributed by atoms with Gasteiger partial charge in [0.1, 0.15) is 5.75 Å². The molecule has 3 aromatic carbocycles. The number of nitriles is 1. The molecule has 1 aliphatic carbocycles. The maximum absolute atomic E-state index is 14.1. The summed E-state index contributed by atoms with van der Waals surface area (Å²) in [6, 6.07) is 21.1. The lowest BCUT2D eigenvalue weighted by molar-refractivity contribution is 0.0892. The van der Waals surface area contributed by atoms with E-state index in [1.54, 1.807) is 31.6 Å². The molecule has 1 aliphatic rings. The molecule has 1 atom stereocenters. The van der Waals surface area contributed by atoms with Crippen molar-refractivity contribution in [3.63, 3.8) is 0 Å². The lowest BCUT2D eigenvalue weighted by Crippen LogP contribution is -2.37. The zero-order chi connectivity index (χ0) is 22.3. The molecule has 1 aromatic heterocycles. The number of hydrogen-bond donors (Lipinski definition) is 0. The summed E-state index contributed by atoms with van der Waals surface area (Å²) in [7, 11) is 1.62. The summed E-state index contributed by atoms with van der Waals surface area (Å²) in [5.41, 5.74) is 3.29. The average Bonchev–Trinajstić information content (AvgIpc) is 3.03. The number of nitrogens with zero attached hydrogens (tertiary/aromatic N) is 2. The van der Waals surface area contributed by atoms with Crippen LogP contribution < -0.4 is 4.74 Å². The van der Waals surface area contributed by atoms with Crippen LogP contribution in [0.2, 0.25) is 5.02 Å². The van der Waals surface area contributed by atoms with Crippen molar-refractivity contribution in [1.82, 2.24) is 4.98 Å². The fraction of sp³-hybridized carbons (Fsp3) is 0.148. The Morgan fingerprint density at radius 1 is 1.03 bits per heavy atom. The van der Waals surface area contributed by atoms with Crippen molar-refractivity contribution in [3.05, 3.63) is 106 Å². The van der Waals surface area contributed by atoms with Gasteiger partial charge < -0.3 is 4.74 Å². The molecule has 0 saturated heterocycles. The molecule has 0 N–H and O–H groups in total. The molecule has 1 heterocycles. The summed E-state index contributed by atoms with van der Waals surface area (Å²) in [5.74, 6) is 0.721. The predicted octanol–water partition coefficient (Wildman–Crippen LogP) is 5.69. The first kappa shape index (κ1) is 20.2. The number of ether oxygens (including phenoxy) is 1. The molecule has 5 rings (SSSR count). The first-order chi connectivity index (χ1) is 15.6. The highest BCUT2D eigenvalue weighted by molar-refractivity contribution is 6.33. The van der Waals surface area contributed by atoms with E-state index < -0.39 is 5.41 Å². The van der Waals surface area contributed by atoms with Gasteiger partial charge in [-0.2, -0.15) is 5.26 Å². The lowest BCUT2D eigenvalue weighted by Gasteiger charge is -2.30. The lowest BCUT2D eigenvalue weighted by atomic mass is 9.71. The third-order valence-electron chi connectivity index (χ3n) is 6.27. The number of aromatic nitrogens is 1. The second kappa shape index (κ2) is 7.78. The van der Waals surface area contributed by atoms with Crippen LogP contribution in [0.25, 0.3) is 10.8 Å². The van der Waals surface area contributed by atoms with Gasteiger partial charge in [0.15, 0.2) is 5.78 Å². The number of benzene rings is 3. The summed E-state index contributed by atoms with van der Waals surface area (Å²) in [4.78, 5) is 18.3. The molecule has 32 heavy (non-hydrogen) atoms. The molecule has 5 heteroatoms. The molecule has 0 aliphatic heterocycles. The number of pyridine rings is 1. The van der Waals surface area contributed by atoms with Crippen molar-refractivity contribution < 1.29 is 9.53 Å². The second-order valence-electron chi connectivity index (χ2n) is 8.12. The Balaban J connectivity index is 1.77. The molecule has 1 unspecified atom stereocenters. The van der Waals surface area contributed by atoms with E-state index in [4.69, 9.17) is 16.3 Å². The molecule has 4 aromatic rings. The Morgan fingerprint density at radius 2 is 1.81 bits per heavy atom. The van der Waals surface area contributed by atoms with Crippen LogP contribution >= 0.6 is 11.6 Å². The van der Waals surface area contributed by atoms with Gasteiger partial charge in [-0.05, 0) is 72.0 Å². The quantitative estimate of drug-likeness (QED) is 0.401. The summed E-state index contributed by atoms with van der Waals surface area (Å²) in [6.45, 7) is 0. The predicted molar refractivity (Wildman–Crippen MR) is 124 cm³/mol. The average molecular weight is 439 g/mol. The van der Waals surface area contributed by atoms with Gasteiger partial charge in [-0.15, -0.1) is 0 Å². The van der Waals surface area contributed by atoms with E-state index in [0.29, 0.717) is 34.7 Å². The third kappa shape index (κ3) is 3.14. The molecule has 0 bridgehead atoms. The Bertz CT molecular complexity index is 1410. The Labute approximate surface area is 191 Å². The van der Waals surface area contributed by atoms with Crippen molar-refractivity contribution in [2.45, 2.75) is 18.3 Å². The number of ketones is 1. The van der Waals surface area contributed by atoms with Crippen molar-refractivity contribution in [3.8, 4) is 11.8 Å². The van der Waals surface area contributed by atoms with Crippen LogP contribution in [0, 0.1) is 11.3 Å². The molecule has 156 valence electrons. The smallest absolute Gasteiger partial charge is 0.174 e. The molecule has 0 saturated carbocycles. The van der Waals surface area contributed by atoms with Crippen molar-refractivity contribution in [1.29, 1.82) is 5.26 Å². The summed E-state index contributed by atoms with van der Waals surface area (Å²) in [6.07, 6.45) is 4.47. The van der Waals surface area contributed by atoms with Crippen LogP contribution in [-0.2, 0) is 18.3 Å². The molecular weight excluding hydrogens is 420 g/mol. The van der Waals surface area contributed by atoms with E-state index in [9.17, 15) is 10.1 Å². The van der Waals surface area contributed by atoms with Gasteiger partial charge in [-0.25, -0.2) is 0 Å². The number of hydrogen-bond acceptors (Lipinski definition) is 4. The highest BCUT2D eigenvalue weighted by Gasteiger charge is 2.48. The van der Waals surface area contributed by atoms with E-state index in [1.807, 2.05) is 48.5 Å². The Hall–Kier alpha value is -3.68. The Kier molecular flexibility index (Phi) is 4.92. The number of rotatable bonds is 5. The first-order valence-electron chi connectivity index (χ1n) is 10.3. The maximum atomic E-state index is 14.1. The number of Topliss-reactive ketones (excluding diaryl/α,β-unsaturated/α-hetero) is 1. The van der Waals surface area contributed by atoms with Gasteiger partial charge in [0.05, 0.1) is 24.2 Å². The first-order valence-corrected chi connectivity index (χ1v) is 10.7. The largest absolute Gasteiger partial charge is 0.496 e. The molecule has 4 nitrogen and oxygen atoms in total. The number of halogens is 1. The minimum atomic E-state index is -0.826. The van der Waals surface area contributed by atoms with E-state index in [2.05, 4.69) is 11.1 Å². The monoisotopic (exact) mass is 438 g/mol. The number of carbonyl (C=O) groups is 1. The van der Waals surface area contributed by atoms with Crippen LogP contribution in [0.3, 0.4) is 0 Å². The highest BCUT2D eigenvalue weighted by atomic mass is 35.5. The normalized spacial score (nSPS) is 16.8. The van der Waals surface area contributed by atoms with Crippen molar-refractivity contribution in [2.24, 2.45) is 0 Å². The Morgan fingerprint density at radius 3 is 2.56 bits per heavy atom. The topological polar surface area (TPSA) is 63.0 Å². The van der Waals surface area contributed by atoms with Gasteiger partial charge in [0.2, 0.25) is 0 Å². The van der Waals surface area contributed by atoms with Crippen LogP contribution in [0.4, 0.5) is 0 Å². The van der Waals surface area contributed by atoms with Gasteiger partial charge >= 0.3 is 0 Å². The van der Waals surface area contributed by atoms with Crippen LogP contribution in [0.5, 0.6) is 5.75 Å². The van der Waals surface area contributed by atoms with E-state index in [0.717, 1.165) is 27.5 Å². The minimum absolute atomic E-state index is 0.0347. The standard InChI is InChI=1S/C27H19ClN2O2/c1-32-24-6-5-23-25-21(24)12-20(28)13-22(25)26(31)27(23,14-17-7-9-30-10-8-17)15-18-3-2-4-19(11-18)16-29/h2-13H,14-15H2,1H3. The number of carbonyl (C=O) groups excluding carboxylic acids is 1. The molecular formula is C27H19ClN2O2. The second-order valence-corrected chi connectivity index (χ2v) is 8.56. The molecule has 0 spiro atoms. The maximum Gasteiger partial charge on any atom is 0.174 e. The van der Waals surface area contributed by atoms with Crippen LogP contribution in [0.15, 0.2) is 73.1 Å². The SMILES string of the molecule is COc1ccc2c3c(cc(Cl)cc13)C(=O)C2(Cc1ccncc1)Cc1cccc(C#N)c1. The highest BCUT2D eigenvalue weighted by Crippen LogP contribution is 2.49. The fourth-order valence-corrected chi connectivity index (χ4v) is 5.14. The summed E-state index contributed by atoms with van der Waals surface area (Å²) in [5, 5.41) is 11.6. The minimum Gasteiger partial charge on any atom is -0.496 e. The van der Waals surface area contributed by atoms with E-state index >= 15 is 0 Å². The van der Waals surface area contributed by atoms with Crippen LogP contribution in [0.1, 0.15) is 32.6 Å². The fourth-order valence-electron chi connectivity index (χ4n) is 4.92. The third-order valence-corrected chi connectivity index (χ3v) is 6.49. The number of methoxy groups -OCH3 is 1. The van der Waals surface area contributed by atoms with Crippen molar-refractivity contribution >= 4 is 28.2 Å².